The first-order chi connectivity index (χ1) is 13.5. The first kappa shape index (κ1) is 20.7. The lowest BCUT2D eigenvalue weighted by atomic mass is 9.97. The summed E-state index contributed by atoms with van der Waals surface area (Å²) in [6, 6.07) is 5.55. The van der Waals surface area contributed by atoms with Crippen molar-refractivity contribution in [3.05, 3.63) is 35.6 Å². The fraction of sp³-hybridized carbons (Fsp3) is 0.619. The highest BCUT2D eigenvalue weighted by atomic mass is 19.1. The van der Waals surface area contributed by atoms with E-state index in [0.717, 1.165) is 52.1 Å². The Labute approximate surface area is 166 Å². The van der Waals surface area contributed by atoms with Gasteiger partial charge in [-0.25, -0.2) is 4.39 Å². The van der Waals surface area contributed by atoms with Crippen molar-refractivity contribution in [1.82, 2.24) is 20.0 Å². The van der Waals surface area contributed by atoms with Gasteiger partial charge in [-0.3, -0.25) is 14.5 Å². The first-order valence-corrected chi connectivity index (χ1v) is 10.3. The smallest absolute Gasteiger partial charge is 0.251 e. The fourth-order valence-corrected chi connectivity index (χ4v) is 3.95. The zero-order valence-electron chi connectivity index (χ0n) is 16.7. The quantitative estimate of drug-likeness (QED) is 0.799. The summed E-state index contributed by atoms with van der Waals surface area (Å²) < 4.78 is 13.0. The standard InChI is InChI=1S/C21H31FN4O2/c1-2-24-10-12-25(13-11-24)16-20(27)26-9-3-4-17(15-26)14-23-21(28)18-5-7-19(22)8-6-18/h5-8,17H,2-4,9-16H2,1H3,(H,23,28). The van der Waals surface area contributed by atoms with Crippen LogP contribution in [0, 0.1) is 11.7 Å². The minimum atomic E-state index is -0.353. The molecule has 2 heterocycles. The number of benzene rings is 1. The molecule has 2 saturated heterocycles. The Balaban J connectivity index is 1.42. The fourth-order valence-electron chi connectivity index (χ4n) is 3.95. The van der Waals surface area contributed by atoms with Gasteiger partial charge in [-0.2, -0.15) is 0 Å². The number of nitrogens with one attached hydrogen (secondary N) is 1. The number of likely N-dealkylation sites (N-methyl/N-ethyl adjacent to an activating group) is 1. The third kappa shape index (κ3) is 5.75. The van der Waals surface area contributed by atoms with Gasteiger partial charge in [0.05, 0.1) is 6.54 Å². The van der Waals surface area contributed by atoms with Gasteiger partial charge < -0.3 is 15.1 Å². The van der Waals surface area contributed by atoms with Crippen molar-refractivity contribution in [1.29, 1.82) is 0 Å². The van der Waals surface area contributed by atoms with Crippen molar-refractivity contribution in [2.24, 2.45) is 5.92 Å². The van der Waals surface area contributed by atoms with E-state index >= 15 is 0 Å². The van der Waals surface area contributed by atoms with Crippen LogP contribution in [0.25, 0.3) is 0 Å². The van der Waals surface area contributed by atoms with Crippen molar-refractivity contribution >= 4 is 11.8 Å². The second-order valence-corrected chi connectivity index (χ2v) is 7.78. The van der Waals surface area contributed by atoms with Crippen molar-refractivity contribution in [3.63, 3.8) is 0 Å². The Bertz CT molecular complexity index is 659. The maximum atomic E-state index is 13.0. The van der Waals surface area contributed by atoms with E-state index in [-0.39, 0.29) is 23.5 Å². The molecule has 7 heteroatoms. The average molecular weight is 391 g/mol. The number of rotatable bonds is 6. The Kier molecular flexibility index (Phi) is 7.39. The highest BCUT2D eigenvalue weighted by Gasteiger charge is 2.26. The normalized spacial score (nSPS) is 21.5. The Hall–Kier alpha value is -1.99. The SMILES string of the molecule is CCN1CCN(CC(=O)N2CCCC(CNC(=O)c3ccc(F)cc3)C2)CC1. The van der Waals surface area contributed by atoms with Gasteiger partial charge in [0.25, 0.3) is 5.91 Å². The van der Waals surface area contributed by atoms with E-state index in [0.29, 0.717) is 25.2 Å². The zero-order chi connectivity index (χ0) is 19.9. The maximum absolute atomic E-state index is 13.0. The molecule has 0 bridgehead atoms. The molecule has 0 saturated carbocycles. The molecule has 1 N–H and O–H groups in total. The number of carbonyl (C=O) groups excluding carboxylic acids is 2. The molecule has 0 spiro atoms. The monoisotopic (exact) mass is 390 g/mol. The molecule has 3 rings (SSSR count). The molecule has 2 amide bonds. The molecule has 154 valence electrons. The van der Waals surface area contributed by atoms with Crippen LogP contribution in [-0.4, -0.2) is 85.4 Å². The summed E-state index contributed by atoms with van der Waals surface area (Å²) in [5, 5.41) is 2.92. The van der Waals surface area contributed by atoms with Gasteiger partial charge in [0, 0.05) is 51.4 Å². The molecule has 2 aliphatic heterocycles. The van der Waals surface area contributed by atoms with Gasteiger partial charge >= 0.3 is 0 Å². The lowest BCUT2D eigenvalue weighted by molar-refractivity contribution is -0.134. The van der Waals surface area contributed by atoms with Gasteiger partial charge in [-0.05, 0) is 49.6 Å². The average Bonchev–Trinajstić information content (AvgIpc) is 2.73. The molecule has 28 heavy (non-hydrogen) atoms. The highest BCUT2D eigenvalue weighted by molar-refractivity contribution is 5.94. The Morgan fingerprint density at radius 2 is 1.75 bits per heavy atom. The summed E-state index contributed by atoms with van der Waals surface area (Å²) >= 11 is 0. The molecule has 1 atom stereocenters. The summed E-state index contributed by atoms with van der Waals surface area (Å²) in [6.07, 6.45) is 1.97. The van der Waals surface area contributed by atoms with Crippen LogP contribution in [0.2, 0.25) is 0 Å². The number of carbonyl (C=O) groups is 2. The number of piperidine rings is 1. The Morgan fingerprint density at radius 1 is 1.07 bits per heavy atom. The minimum Gasteiger partial charge on any atom is -0.352 e. The summed E-state index contributed by atoms with van der Waals surface area (Å²) in [5.41, 5.74) is 0.455. The van der Waals surface area contributed by atoms with Gasteiger partial charge in [-0.15, -0.1) is 0 Å². The van der Waals surface area contributed by atoms with E-state index in [2.05, 4.69) is 22.0 Å². The first-order valence-electron chi connectivity index (χ1n) is 10.3. The van der Waals surface area contributed by atoms with Crippen LogP contribution in [0.4, 0.5) is 4.39 Å². The van der Waals surface area contributed by atoms with Crippen LogP contribution in [-0.2, 0) is 4.79 Å². The van der Waals surface area contributed by atoms with Gasteiger partial charge in [0.2, 0.25) is 5.91 Å². The van der Waals surface area contributed by atoms with Crippen LogP contribution in [0.3, 0.4) is 0 Å². The lowest BCUT2D eigenvalue weighted by Gasteiger charge is -2.37. The zero-order valence-corrected chi connectivity index (χ0v) is 16.7. The van der Waals surface area contributed by atoms with Crippen molar-refractivity contribution in [3.8, 4) is 0 Å². The number of amides is 2. The summed E-state index contributed by atoms with van der Waals surface area (Å²) in [7, 11) is 0. The summed E-state index contributed by atoms with van der Waals surface area (Å²) in [4.78, 5) is 31.5. The topological polar surface area (TPSA) is 55.9 Å². The minimum absolute atomic E-state index is 0.194. The van der Waals surface area contributed by atoms with Crippen LogP contribution in [0.5, 0.6) is 0 Å². The predicted molar refractivity (Wildman–Crippen MR) is 107 cm³/mol. The number of halogens is 1. The summed E-state index contributed by atoms with van der Waals surface area (Å²) in [5.74, 6) is -0.0927. The van der Waals surface area contributed by atoms with Gasteiger partial charge in [-0.1, -0.05) is 6.92 Å². The predicted octanol–water partition coefficient (Wildman–Crippen LogP) is 1.43. The van der Waals surface area contributed by atoms with Crippen LogP contribution < -0.4 is 5.32 Å². The van der Waals surface area contributed by atoms with E-state index in [1.165, 1.54) is 24.3 Å². The van der Waals surface area contributed by atoms with E-state index < -0.39 is 0 Å². The number of piperazine rings is 1. The van der Waals surface area contributed by atoms with Crippen LogP contribution >= 0.6 is 0 Å². The van der Waals surface area contributed by atoms with Gasteiger partial charge in [0.1, 0.15) is 5.82 Å². The van der Waals surface area contributed by atoms with Crippen molar-refractivity contribution in [2.75, 3.05) is 58.9 Å². The van der Waals surface area contributed by atoms with Crippen LogP contribution in [0.1, 0.15) is 30.1 Å². The molecular formula is C21H31FN4O2. The molecule has 1 aromatic rings. The number of likely N-dealkylation sites (tertiary alicyclic amines) is 1. The maximum Gasteiger partial charge on any atom is 0.251 e. The molecule has 1 aromatic carbocycles. The largest absolute Gasteiger partial charge is 0.352 e. The molecule has 2 aliphatic rings. The van der Waals surface area contributed by atoms with E-state index in [1.54, 1.807) is 0 Å². The molecule has 6 nitrogen and oxygen atoms in total. The molecule has 1 unspecified atom stereocenters. The van der Waals surface area contributed by atoms with E-state index in [4.69, 9.17) is 0 Å². The molecule has 0 aliphatic carbocycles. The van der Waals surface area contributed by atoms with E-state index in [9.17, 15) is 14.0 Å². The molecule has 2 fully saturated rings. The second kappa shape index (κ2) is 9.98. The van der Waals surface area contributed by atoms with E-state index in [1.807, 2.05) is 4.90 Å². The Morgan fingerprint density at radius 3 is 2.43 bits per heavy atom. The number of hydrogen-bond donors (Lipinski definition) is 1. The molecular weight excluding hydrogens is 359 g/mol. The van der Waals surface area contributed by atoms with Crippen LogP contribution in [0.15, 0.2) is 24.3 Å². The summed E-state index contributed by atoms with van der Waals surface area (Å²) in [6.45, 7) is 9.72. The lowest BCUT2D eigenvalue weighted by Crippen LogP contribution is -2.51. The number of nitrogens with zero attached hydrogens (tertiary/aromatic N) is 3. The molecule has 0 aromatic heterocycles. The van der Waals surface area contributed by atoms with Gasteiger partial charge in [0.15, 0.2) is 0 Å². The third-order valence-electron chi connectivity index (χ3n) is 5.80. The molecule has 0 radical (unpaired) electrons. The second-order valence-electron chi connectivity index (χ2n) is 7.78. The highest BCUT2D eigenvalue weighted by Crippen LogP contribution is 2.17. The third-order valence-corrected chi connectivity index (χ3v) is 5.80. The van der Waals surface area contributed by atoms with Crippen molar-refractivity contribution < 1.29 is 14.0 Å². The number of hydrogen-bond acceptors (Lipinski definition) is 4. The van der Waals surface area contributed by atoms with Crippen molar-refractivity contribution in [2.45, 2.75) is 19.8 Å².